The zero-order valence-corrected chi connectivity index (χ0v) is 26.2. The Labute approximate surface area is 246 Å². The van der Waals surface area contributed by atoms with Crippen LogP contribution in [0, 0.1) is 5.92 Å². The Morgan fingerprint density at radius 1 is 0.725 bits per heavy atom. The van der Waals surface area contributed by atoms with E-state index in [1.807, 2.05) is 12.1 Å². The summed E-state index contributed by atoms with van der Waals surface area (Å²) in [6.07, 6.45) is 18.4. The molecule has 4 nitrogen and oxygen atoms in total. The van der Waals surface area contributed by atoms with E-state index in [1.165, 1.54) is 88.2 Å². The molecular formula is C36H58NO3+. The fourth-order valence-electron chi connectivity index (χ4n) is 5.49. The number of rotatable bonds is 23. The molecule has 0 N–H and O–H groups in total. The van der Waals surface area contributed by atoms with Crippen LogP contribution in [0.25, 0.3) is 0 Å². The lowest BCUT2D eigenvalue weighted by Gasteiger charge is -2.32. The summed E-state index contributed by atoms with van der Waals surface area (Å²) in [4.78, 5) is 12.8. The van der Waals surface area contributed by atoms with Crippen molar-refractivity contribution in [1.29, 1.82) is 0 Å². The van der Waals surface area contributed by atoms with Crippen LogP contribution in [0.4, 0.5) is 0 Å². The van der Waals surface area contributed by atoms with Gasteiger partial charge in [0.1, 0.15) is 31.4 Å². The number of benzene rings is 2. The van der Waals surface area contributed by atoms with Crippen LogP contribution in [-0.4, -0.2) is 44.3 Å². The van der Waals surface area contributed by atoms with Crippen molar-refractivity contribution in [3.63, 3.8) is 0 Å². The van der Waals surface area contributed by atoms with E-state index < -0.39 is 0 Å². The fraction of sp³-hybridized carbons (Fsp3) is 0.639. The zero-order chi connectivity index (χ0) is 28.9. The maximum absolute atomic E-state index is 12.8. The van der Waals surface area contributed by atoms with Gasteiger partial charge in [-0.3, -0.25) is 4.79 Å². The van der Waals surface area contributed by atoms with Gasteiger partial charge in [-0.25, -0.2) is 0 Å². The van der Waals surface area contributed by atoms with Gasteiger partial charge in [0.25, 0.3) is 0 Å². The second-order valence-electron chi connectivity index (χ2n) is 12.2. The molecule has 2 rings (SSSR count). The van der Waals surface area contributed by atoms with E-state index in [-0.39, 0.29) is 18.5 Å². The Bertz CT molecular complexity index is 911. The quantitative estimate of drug-likeness (QED) is 0.0783. The first-order chi connectivity index (χ1) is 19.4. The van der Waals surface area contributed by atoms with Crippen LogP contribution in [0.1, 0.15) is 108 Å². The highest BCUT2D eigenvalue weighted by Crippen LogP contribution is 2.18. The summed E-state index contributed by atoms with van der Waals surface area (Å²) in [5, 5.41) is 0. The van der Waals surface area contributed by atoms with Crippen LogP contribution < -0.4 is 4.74 Å². The van der Waals surface area contributed by atoms with Gasteiger partial charge >= 0.3 is 5.97 Å². The first kappa shape index (κ1) is 33.9. The van der Waals surface area contributed by atoms with Crippen LogP contribution in [0.3, 0.4) is 0 Å². The van der Waals surface area contributed by atoms with Gasteiger partial charge < -0.3 is 14.0 Å². The summed E-state index contributed by atoms with van der Waals surface area (Å²) < 4.78 is 12.3. The van der Waals surface area contributed by atoms with Crippen molar-refractivity contribution in [3.05, 3.63) is 65.7 Å². The van der Waals surface area contributed by atoms with Crippen LogP contribution >= 0.6 is 0 Å². The van der Waals surface area contributed by atoms with Gasteiger partial charge in [0.15, 0.2) is 0 Å². The molecule has 0 radical (unpaired) electrons. The minimum absolute atomic E-state index is 0.113. The highest BCUT2D eigenvalue weighted by atomic mass is 16.6. The van der Waals surface area contributed by atoms with E-state index in [1.54, 1.807) is 0 Å². The Morgan fingerprint density at radius 2 is 1.32 bits per heavy atom. The molecule has 2 aromatic rings. The van der Waals surface area contributed by atoms with Gasteiger partial charge in [0, 0.05) is 5.56 Å². The molecule has 224 valence electrons. The summed E-state index contributed by atoms with van der Waals surface area (Å²) in [5.74, 6) is 0.629. The molecule has 0 saturated carbocycles. The van der Waals surface area contributed by atoms with E-state index in [9.17, 15) is 4.79 Å². The molecule has 0 bridgehead atoms. The Morgan fingerprint density at radius 3 is 1.95 bits per heavy atom. The Hall–Kier alpha value is -2.33. The zero-order valence-electron chi connectivity index (χ0n) is 26.2. The average Bonchev–Trinajstić information content (AvgIpc) is 2.95. The lowest BCUT2D eigenvalue weighted by molar-refractivity contribution is -0.906. The Balaban J connectivity index is 1.58. The highest BCUT2D eigenvalue weighted by molar-refractivity contribution is 5.72. The molecular weight excluding hydrogens is 494 g/mol. The molecule has 0 fully saturated rings. The molecule has 2 aromatic carbocycles. The first-order valence-electron chi connectivity index (χ1n) is 16.2. The van der Waals surface area contributed by atoms with Gasteiger partial charge in [0.2, 0.25) is 0 Å². The van der Waals surface area contributed by atoms with Gasteiger partial charge in [-0.1, -0.05) is 127 Å². The number of nitrogens with zero attached hydrogens (tertiary/aromatic N) is 1. The van der Waals surface area contributed by atoms with Crippen molar-refractivity contribution >= 4 is 5.97 Å². The number of aryl methyl sites for hydroxylation is 1. The summed E-state index contributed by atoms with van der Waals surface area (Å²) in [7, 11) is 4.35. The third-order valence-corrected chi connectivity index (χ3v) is 7.81. The maximum atomic E-state index is 12.8. The molecule has 0 aliphatic heterocycles. The molecule has 0 spiro atoms. The van der Waals surface area contributed by atoms with Crippen LogP contribution in [0.2, 0.25) is 0 Å². The number of carbonyl (C=O) groups is 1. The van der Waals surface area contributed by atoms with Crippen molar-refractivity contribution in [2.45, 2.75) is 110 Å². The van der Waals surface area contributed by atoms with Crippen LogP contribution in [-0.2, 0) is 22.5 Å². The SMILES string of the molecule is CCCCCCCCCCCCCCc1cccc(OCCOC(=O)C(CC)C[N+](C)(C)Cc2ccccc2)c1. The largest absolute Gasteiger partial charge is 0.490 e. The fourth-order valence-corrected chi connectivity index (χ4v) is 5.49. The summed E-state index contributed by atoms with van der Waals surface area (Å²) in [6.45, 7) is 6.66. The molecule has 0 aliphatic carbocycles. The third-order valence-electron chi connectivity index (χ3n) is 7.81. The minimum atomic E-state index is -0.119. The third kappa shape index (κ3) is 15.5. The van der Waals surface area contributed by atoms with Gasteiger partial charge in [-0.15, -0.1) is 0 Å². The smallest absolute Gasteiger partial charge is 0.314 e. The van der Waals surface area contributed by atoms with Crippen molar-refractivity contribution < 1.29 is 18.8 Å². The van der Waals surface area contributed by atoms with Crippen molar-refractivity contribution in [1.82, 2.24) is 0 Å². The van der Waals surface area contributed by atoms with E-state index in [0.29, 0.717) is 6.61 Å². The molecule has 0 heterocycles. The molecule has 1 unspecified atom stereocenters. The average molecular weight is 553 g/mol. The standard InChI is InChI=1S/C36H58NO3/c1-5-7-8-9-10-11-12-13-14-15-16-18-22-32-25-21-26-35(29-32)39-27-28-40-36(38)34(6-2)31-37(3,4)30-33-23-19-17-20-24-33/h17,19-21,23-26,29,34H,5-16,18,22,27-28,30-31H2,1-4H3/q+1. The number of ether oxygens (including phenoxy) is 2. The molecule has 0 amide bonds. The van der Waals surface area contributed by atoms with Crippen molar-refractivity contribution in [2.24, 2.45) is 5.92 Å². The van der Waals surface area contributed by atoms with E-state index >= 15 is 0 Å². The molecule has 0 aliphatic rings. The minimum Gasteiger partial charge on any atom is -0.490 e. The molecule has 1 atom stereocenters. The normalized spacial score (nSPS) is 12.3. The van der Waals surface area contributed by atoms with Crippen LogP contribution in [0.5, 0.6) is 5.75 Å². The van der Waals surface area contributed by atoms with E-state index in [2.05, 4.69) is 70.4 Å². The topological polar surface area (TPSA) is 35.5 Å². The Kier molecular flexibility index (Phi) is 17.4. The summed E-state index contributed by atoms with van der Waals surface area (Å²) in [5.41, 5.74) is 2.61. The summed E-state index contributed by atoms with van der Waals surface area (Å²) >= 11 is 0. The number of hydrogen-bond donors (Lipinski definition) is 0. The number of unbranched alkanes of at least 4 members (excludes halogenated alkanes) is 11. The number of quaternary nitrogens is 1. The van der Waals surface area contributed by atoms with E-state index in [4.69, 9.17) is 9.47 Å². The van der Waals surface area contributed by atoms with Crippen molar-refractivity contribution in [3.8, 4) is 5.75 Å². The first-order valence-corrected chi connectivity index (χ1v) is 16.2. The summed E-state index contributed by atoms with van der Waals surface area (Å²) in [6, 6.07) is 18.8. The predicted molar refractivity (Wildman–Crippen MR) is 169 cm³/mol. The van der Waals surface area contributed by atoms with Gasteiger partial charge in [0.05, 0.1) is 20.6 Å². The highest BCUT2D eigenvalue weighted by Gasteiger charge is 2.28. The second kappa shape index (κ2) is 20.5. The van der Waals surface area contributed by atoms with Crippen molar-refractivity contribution in [2.75, 3.05) is 33.9 Å². The van der Waals surface area contributed by atoms with Crippen LogP contribution in [0.15, 0.2) is 54.6 Å². The van der Waals surface area contributed by atoms with E-state index in [0.717, 1.165) is 36.2 Å². The maximum Gasteiger partial charge on any atom is 0.314 e. The number of esters is 1. The van der Waals surface area contributed by atoms with Gasteiger partial charge in [-0.2, -0.15) is 0 Å². The van der Waals surface area contributed by atoms with Gasteiger partial charge in [-0.05, 0) is 37.0 Å². The number of hydrogen-bond acceptors (Lipinski definition) is 3. The lowest BCUT2D eigenvalue weighted by Crippen LogP contribution is -2.44. The molecule has 0 aromatic heterocycles. The molecule has 0 saturated heterocycles. The lowest BCUT2D eigenvalue weighted by atomic mass is 10.0. The second-order valence-corrected chi connectivity index (χ2v) is 12.2. The predicted octanol–water partition coefficient (Wildman–Crippen LogP) is 9.16. The number of carbonyl (C=O) groups excluding carboxylic acids is 1. The molecule has 4 heteroatoms. The molecule has 40 heavy (non-hydrogen) atoms. The monoisotopic (exact) mass is 552 g/mol.